The summed E-state index contributed by atoms with van der Waals surface area (Å²) in [5.41, 5.74) is 2.98. The van der Waals surface area contributed by atoms with E-state index in [1.54, 1.807) is 0 Å². The molecule has 0 radical (unpaired) electrons. The molecule has 1 fully saturated rings. The highest BCUT2D eigenvalue weighted by molar-refractivity contribution is 7.99. The van der Waals surface area contributed by atoms with Gasteiger partial charge in [-0.05, 0) is 67.6 Å². The maximum absolute atomic E-state index is 12.3. The van der Waals surface area contributed by atoms with Crippen LogP contribution < -0.4 is 15.5 Å². The number of benzene rings is 1. The number of nitrogens with one attached hydrogen (secondary N) is 2. The van der Waals surface area contributed by atoms with E-state index < -0.39 is 0 Å². The molecular weight excluding hydrogens is 368 g/mol. The first-order chi connectivity index (χ1) is 13.5. The smallest absolute Gasteiger partial charge is 0.319 e. The molecule has 2 heterocycles. The number of amides is 2. The molecule has 2 N–H and O–H groups in total. The van der Waals surface area contributed by atoms with Gasteiger partial charge in [0.15, 0.2) is 0 Å². The van der Waals surface area contributed by atoms with Crippen molar-refractivity contribution < 1.29 is 4.79 Å². The van der Waals surface area contributed by atoms with Crippen LogP contribution in [-0.4, -0.2) is 29.4 Å². The van der Waals surface area contributed by atoms with E-state index in [-0.39, 0.29) is 6.03 Å². The number of aromatic nitrogens is 1. The third-order valence-electron chi connectivity index (χ3n) is 5.05. The maximum Gasteiger partial charge on any atom is 0.319 e. The molecule has 5 nitrogen and oxygen atoms in total. The van der Waals surface area contributed by atoms with Crippen molar-refractivity contribution in [2.75, 3.05) is 23.3 Å². The van der Waals surface area contributed by atoms with E-state index in [0.29, 0.717) is 11.8 Å². The molecule has 150 valence electrons. The lowest BCUT2D eigenvalue weighted by molar-refractivity contribution is 0.251. The fourth-order valence-electron chi connectivity index (χ4n) is 3.20. The molecule has 1 aromatic carbocycles. The summed E-state index contributed by atoms with van der Waals surface area (Å²) in [5.74, 6) is 1.00. The number of urea groups is 1. The number of hydrogen-bond donors (Lipinski definition) is 2. The zero-order chi connectivity index (χ0) is 19.9. The second kappa shape index (κ2) is 9.82. The van der Waals surface area contributed by atoms with Gasteiger partial charge in [0.1, 0.15) is 5.82 Å². The lowest BCUT2D eigenvalue weighted by Crippen LogP contribution is -2.28. The van der Waals surface area contributed by atoms with Crippen molar-refractivity contribution in [2.24, 2.45) is 0 Å². The van der Waals surface area contributed by atoms with Gasteiger partial charge in [-0.25, -0.2) is 9.78 Å². The number of rotatable bonds is 7. The van der Waals surface area contributed by atoms with Crippen LogP contribution in [-0.2, 0) is 6.54 Å². The monoisotopic (exact) mass is 398 g/mol. The summed E-state index contributed by atoms with van der Waals surface area (Å²) in [7, 11) is 0. The Balaban J connectivity index is 1.54. The van der Waals surface area contributed by atoms with Crippen LogP contribution in [0.15, 0.2) is 41.4 Å². The van der Waals surface area contributed by atoms with Gasteiger partial charge in [0.2, 0.25) is 0 Å². The number of anilines is 2. The lowest BCUT2D eigenvalue weighted by Gasteiger charge is -2.17. The predicted octanol–water partition coefficient (Wildman–Crippen LogP) is 5.20. The molecular formula is C22H30N4OS. The van der Waals surface area contributed by atoms with E-state index in [0.717, 1.165) is 42.1 Å². The summed E-state index contributed by atoms with van der Waals surface area (Å²) in [4.78, 5) is 20.3. The van der Waals surface area contributed by atoms with Gasteiger partial charge in [0, 0.05) is 41.7 Å². The summed E-state index contributed by atoms with van der Waals surface area (Å²) in [5, 5.41) is 6.50. The van der Waals surface area contributed by atoms with Gasteiger partial charge in [-0.15, -0.1) is 11.8 Å². The minimum atomic E-state index is -0.190. The van der Waals surface area contributed by atoms with Crippen LogP contribution in [0.5, 0.6) is 0 Å². The first-order valence-electron chi connectivity index (χ1n) is 10.1. The average molecular weight is 399 g/mol. The van der Waals surface area contributed by atoms with Gasteiger partial charge in [-0.3, -0.25) is 0 Å². The highest BCUT2D eigenvalue weighted by atomic mass is 32.2. The summed E-state index contributed by atoms with van der Waals surface area (Å²) in [6.45, 7) is 9.07. The van der Waals surface area contributed by atoms with E-state index in [1.807, 2.05) is 37.0 Å². The maximum atomic E-state index is 12.3. The highest BCUT2D eigenvalue weighted by Gasteiger charge is 2.14. The number of thioether (sulfide) groups is 1. The summed E-state index contributed by atoms with van der Waals surface area (Å²) < 4.78 is 0. The number of carbonyl (C=O) groups is 1. The van der Waals surface area contributed by atoms with Crippen LogP contribution in [0.2, 0.25) is 0 Å². The predicted molar refractivity (Wildman–Crippen MR) is 118 cm³/mol. The Labute approximate surface area is 172 Å². The molecule has 2 amide bonds. The standard InChI is InChI=1S/C22H30N4OS/c1-4-17(3)28-19-7-8-20(16(2)13-19)25-22(27)24-15-18-9-10-23-21(14-18)26-11-5-6-12-26/h7-10,13-14,17H,4-6,11-12,15H2,1-3H3,(H2,24,25,27). The number of pyridine rings is 1. The molecule has 0 saturated carbocycles. The Morgan fingerprint density at radius 2 is 2.04 bits per heavy atom. The second-order valence-electron chi connectivity index (χ2n) is 7.34. The first-order valence-corrected chi connectivity index (χ1v) is 10.9. The van der Waals surface area contributed by atoms with E-state index in [9.17, 15) is 4.79 Å². The van der Waals surface area contributed by atoms with Gasteiger partial charge in [-0.2, -0.15) is 0 Å². The molecule has 1 saturated heterocycles. The van der Waals surface area contributed by atoms with Gasteiger partial charge >= 0.3 is 6.03 Å². The van der Waals surface area contributed by atoms with E-state index >= 15 is 0 Å². The molecule has 0 spiro atoms. The van der Waals surface area contributed by atoms with E-state index in [2.05, 4.69) is 52.6 Å². The van der Waals surface area contributed by atoms with Crippen molar-refractivity contribution in [3.05, 3.63) is 47.7 Å². The third-order valence-corrected chi connectivity index (χ3v) is 6.31. The van der Waals surface area contributed by atoms with Gasteiger partial charge in [-0.1, -0.05) is 13.8 Å². The molecule has 28 heavy (non-hydrogen) atoms. The average Bonchev–Trinajstić information content (AvgIpc) is 3.23. The number of hydrogen-bond acceptors (Lipinski definition) is 4. The Hall–Kier alpha value is -2.21. The quantitative estimate of drug-likeness (QED) is 0.629. The number of aryl methyl sites for hydroxylation is 1. The van der Waals surface area contributed by atoms with Gasteiger partial charge < -0.3 is 15.5 Å². The van der Waals surface area contributed by atoms with Crippen molar-refractivity contribution >= 4 is 29.3 Å². The van der Waals surface area contributed by atoms with Crippen LogP contribution in [0.1, 0.15) is 44.2 Å². The fourth-order valence-corrected chi connectivity index (χ4v) is 4.23. The molecule has 3 rings (SSSR count). The van der Waals surface area contributed by atoms with Crippen LogP contribution in [0, 0.1) is 6.92 Å². The first kappa shape index (κ1) is 20.5. The summed E-state index contributed by atoms with van der Waals surface area (Å²) in [6.07, 6.45) is 5.40. The van der Waals surface area contributed by atoms with E-state index in [1.165, 1.54) is 17.7 Å². The topological polar surface area (TPSA) is 57.3 Å². The minimum absolute atomic E-state index is 0.190. The van der Waals surface area contributed by atoms with Crippen LogP contribution >= 0.6 is 11.8 Å². The SMILES string of the molecule is CCC(C)Sc1ccc(NC(=O)NCc2ccnc(N3CCCC3)c2)c(C)c1. The Morgan fingerprint density at radius 1 is 1.25 bits per heavy atom. The number of nitrogens with zero attached hydrogens (tertiary/aromatic N) is 2. The zero-order valence-corrected chi connectivity index (χ0v) is 17.8. The minimum Gasteiger partial charge on any atom is -0.357 e. The van der Waals surface area contributed by atoms with Gasteiger partial charge in [0.25, 0.3) is 0 Å². The van der Waals surface area contributed by atoms with Crippen molar-refractivity contribution in [1.82, 2.24) is 10.3 Å². The molecule has 6 heteroatoms. The molecule has 1 unspecified atom stereocenters. The molecule has 1 aromatic heterocycles. The number of carbonyl (C=O) groups excluding carboxylic acids is 1. The zero-order valence-electron chi connectivity index (χ0n) is 17.0. The van der Waals surface area contributed by atoms with Crippen molar-refractivity contribution in [3.8, 4) is 0 Å². The molecule has 0 aliphatic carbocycles. The van der Waals surface area contributed by atoms with Crippen molar-refractivity contribution in [3.63, 3.8) is 0 Å². The molecule has 1 atom stereocenters. The molecule has 1 aliphatic heterocycles. The van der Waals surface area contributed by atoms with Gasteiger partial charge in [0.05, 0.1) is 0 Å². The summed E-state index contributed by atoms with van der Waals surface area (Å²) in [6, 6.07) is 10.0. The molecule has 1 aliphatic rings. The van der Waals surface area contributed by atoms with Crippen molar-refractivity contribution in [2.45, 2.75) is 56.7 Å². The van der Waals surface area contributed by atoms with Crippen LogP contribution in [0.4, 0.5) is 16.3 Å². The normalized spacial score (nSPS) is 14.8. The molecule has 2 aromatic rings. The Bertz CT molecular complexity index is 805. The fraction of sp³-hybridized carbons (Fsp3) is 0.455. The largest absolute Gasteiger partial charge is 0.357 e. The van der Waals surface area contributed by atoms with Crippen molar-refractivity contribution in [1.29, 1.82) is 0 Å². The lowest BCUT2D eigenvalue weighted by atomic mass is 10.2. The van der Waals surface area contributed by atoms with Crippen LogP contribution in [0.25, 0.3) is 0 Å². The Kier molecular flexibility index (Phi) is 7.20. The Morgan fingerprint density at radius 3 is 2.75 bits per heavy atom. The second-order valence-corrected chi connectivity index (χ2v) is 8.85. The third kappa shape index (κ3) is 5.64. The summed E-state index contributed by atoms with van der Waals surface area (Å²) >= 11 is 1.87. The highest BCUT2D eigenvalue weighted by Crippen LogP contribution is 2.28. The van der Waals surface area contributed by atoms with Crippen LogP contribution in [0.3, 0.4) is 0 Å². The van der Waals surface area contributed by atoms with E-state index in [4.69, 9.17) is 0 Å². The molecule has 0 bridgehead atoms.